The second-order valence-electron chi connectivity index (χ2n) is 5.41. The number of hydrogen-bond acceptors (Lipinski definition) is 3. The monoisotopic (exact) mass is 242 g/mol. The molecule has 0 aromatic rings. The fourth-order valence-corrected chi connectivity index (χ4v) is 1.52. The van der Waals surface area contributed by atoms with E-state index in [2.05, 4.69) is 24.5 Å². The summed E-state index contributed by atoms with van der Waals surface area (Å²) >= 11 is 0. The van der Waals surface area contributed by atoms with Gasteiger partial charge in [0.2, 0.25) is 5.91 Å². The zero-order chi connectivity index (χ0) is 12.7. The highest BCUT2D eigenvalue weighted by atomic mass is 16.5. The molecule has 0 unspecified atom stereocenters. The van der Waals surface area contributed by atoms with Gasteiger partial charge in [0.1, 0.15) is 0 Å². The van der Waals surface area contributed by atoms with E-state index in [0.717, 1.165) is 38.8 Å². The molecule has 0 saturated heterocycles. The predicted molar refractivity (Wildman–Crippen MR) is 69.0 cm³/mol. The van der Waals surface area contributed by atoms with Crippen LogP contribution in [0.1, 0.15) is 46.0 Å². The third kappa shape index (κ3) is 7.34. The van der Waals surface area contributed by atoms with Gasteiger partial charge in [0.15, 0.2) is 0 Å². The zero-order valence-electron chi connectivity index (χ0n) is 11.3. The summed E-state index contributed by atoms with van der Waals surface area (Å²) < 4.78 is 5.33. The van der Waals surface area contributed by atoms with Gasteiger partial charge in [-0.2, -0.15) is 0 Å². The van der Waals surface area contributed by atoms with Crippen LogP contribution in [0.4, 0.5) is 0 Å². The molecule has 0 aliphatic heterocycles. The van der Waals surface area contributed by atoms with Crippen LogP contribution in [0.3, 0.4) is 0 Å². The molecule has 1 rings (SSSR count). The first-order chi connectivity index (χ1) is 8.03. The number of rotatable bonds is 9. The van der Waals surface area contributed by atoms with Crippen molar-refractivity contribution in [1.82, 2.24) is 10.6 Å². The van der Waals surface area contributed by atoms with Crippen LogP contribution in [0.15, 0.2) is 0 Å². The minimum absolute atomic E-state index is 0.0592. The summed E-state index contributed by atoms with van der Waals surface area (Å²) in [5.41, 5.74) is -0.0592. The van der Waals surface area contributed by atoms with E-state index in [-0.39, 0.29) is 11.5 Å². The lowest BCUT2D eigenvalue weighted by Crippen LogP contribution is -2.30. The van der Waals surface area contributed by atoms with Crippen LogP contribution >= 0.6 is 0 Å². The van der Waals surface area contributed by atoms with Crippen molar-refractivity contribution in [1.29, 1.82) is 0 Å². The van der Waals surface area contributed by atoms with Gasteiger partial charge >= 0.3 is 0 Å². The molecule has 0 radical (unpaired) electrons. The molecule has 0 atom stereocenters. The number of carbonyl (C=O) groups is 1. The van der Waals surface area contributed by atoms with Gasteiger partial charge in [-0.05, 0) is 52.6 Å². The molecule has 4 heteroatoms. The largest absolute Gasteiger partial charge is 0.379 e. The number of methoxy groups -OCH3 is 1. The van der Waals surface area contributed by atoms with Crippen LogP contribution in [0, 0.1) is 0 Å². The van der Waals surface area contributed by atoms with Crippen molar-refractivity contribution >= 4 is 5.91 Å². The summed E-state index contributed by atoms with van der Waals surface area (Å²) in [6.45, 7) is 6.00. The minimum atomic E-state index is -0.0592. The van der Waals surface area contributed by atoms with Crippen LogP contribution in [0.25, 0.3) is 0 Å². The maximum atomic E-state index is 11.4. The smallest absolute Gasteiger partial charge is 0.220 e. The molecule has 17 heavy (non-hydrogen) atoms. The van der Waals surface area contributed by atoms with Gasteiger partial charge in [-0.15, -0.1) is 0 Å². The van der Waals surface area contributed by atoms with E-state index < -0.39 is 0 Å². The van der Waals surface area contributed by atoms with Gasteiger partial charge in [-0.3, -0.25) is 4.79 Å². The second-order valence-corrected chi connectivity index (χ2v) is 5.41. The van der Waals surface area contributed by atoms with Gasteiger partial charge in [0, 0.05) is 19.6 Å². The molecule has 4 nitrogen and oxygen atoms in total. The van der Waals surface area contributed by atoms with E-state index in [1.807, 2.05) is 0 Å². The Kier molecular flexibility index (Phi) is 5.92. The number of hydrogen-bond donors (Lipinski definition) is 2. The van der Waals surface area contributed by atoms with Gasteiger partial charge in [0.25, 0.3) is 0 Å². The summed E-state index contributed by atoms with van der Waals surface area (Å²) in [4.78, 5) is 11.4. The average molecular weight is 242 g/mol. The Hall–Kier alpha value is -0.610. The van der Waals surface area contributed by atoms with Gasteiger partial charge in [-0.25, -0.2) is 0 Å². The fraction of sp³-hybridized carbons (Fsp3) is 0.923. The van der Waals surface area contributed by atoms with E-state index >= 15 is 0 Å². The summed E-state index contributed by atoms with van der Waals surface area (Å²) in [7, 11) is 1.74. The average Bonchev–Trinajstić information content (AvgIpc) is 3.07. The zero-order valence-corrected chi connectivity index (χ0v) is 11.3. The van der Waals surface area contributed by atoms with Crippen LogP contribution in [-0.4, -0.2) is 37.7 Å². The first-order valence-corrected chi connectivity index (χ1v) is 6.59. The number of ether oxygens (including phenoxy) is 1. The molecule has 1 aliphatic carbocycles. The Morgan fingerprint density at radius 1 is 1.35 bits per heavy atom. The Balaban J connectivity index is 1.88. The molecular weight excluding hydrogens is 216 g/mol. The summed E-state index contributed by atoms with van der Waals surface area (Å²) in [5.74, 6) is 0.200. The molecule has 1 saturated carbocycles. The van der Waals surface area contributed by atoms with E-state index in [4.69, 9.17) is 4.74 Å². The molecule has 1 amide bonds. The normalized spacial score (nSPS) is 15.9. The van der Waals surface area contributed by atoms with Crippen molar-refractivity contribution in [3.8, 4) is 0 Å². The first-order valence-electron chi connectivity index (χ1n) is 6.59. The highest BCUT2D eigenvalue weighted by Gasteiger charge is 2.22. The molecule has 1 fully saturated rings. The lowest BCUT2D eigenvalue weighted by Gasteiger charge is -2.22. The third-order valence-corrected chi connectivity index (χ3v) is 3.16. The maximum Gasteiger partial charge on any atom is 0.220 e. The molecule has 0 aromatic carbocycles. The standard InChI is InChI=1S/C13H26N2O2/c1-13(2,17-3)8-10-14-9-4-5-12(16)15-11-6-7-11/h11,14H,4-10H2,1-3H3,(H,15,16). The molecular formula is C13H26N2O2. The minimum Gasteiger partial charge on any atom is -0.379 e. The third-order valence-electron chi connectivity index (χ3n) is 3.16. The summed E-state index contributed by atoms with van der Waals surface area (Å²) in [5, 5.41) is 6.33. The summed E-state index contributed by atoms with van der Waals surface area (Å²) in [6.07, 6.45) is 4.85. The number of carbonyl (C=O) groups excluding carboxylic acids is 1. The van der Waals surface area contributed by atoms with E-state index in [1.165, 1.54) is 0 Å². The molecule has 0 bridgehead atoms. The van der Waals surface area contributed by atoms with Crippen molar-refractivity contribution in [2.45, 2.75) is 57.6 Å². The van der Waals surface area contributed by atoms with Gasteiger partial charge in [-0.1, -0.05) is 0 Å². The van der Waals surface area contributed by atoms with Crippen molar-refractivity contribution in [2.75, 3.05) is 20.2 Å². The molecule has 0 aromatic heterocycles. The Bertz CT molecular complexity index is 238. The highest BCUT2D eigenvalue weighted by molar-refractivity contribution is 5.76. The van der Waals surface area contributed by atoms with Crippen molar-refractivity contribution in [2.24, 2.45) is 0 Å². The van der Waals surface area contributed by atoms with Crippen LogP contribution in [-0.2, 0) is 9.53 Å². The van der Waals surface area contributed by atoms with Gasteiger partial charge in [0.05, 0.1) is 5.60 Å². The van der Waals surface area contributed by atoms with Crippen LogP contribution in [0.2, 0.25) is 0 Å². The molecule has 2 N–H and O–H groups in total. The molecule has 100 valence electrons. The molecule has 1 aliphatic rings. The second kappa shape index (κ2) is 6.97. The molecule has 0 heterocycles. The SMILES string of the molecule is COC(C)(C)CCNCCCC(=O)NC1CC1. The van der Waals surface area contributed by atoms with E-state index in [0.29, 0.717) is 12.5 Å². The van der Waals surface area contributed by atoms with Crippen LogP contribution < -0.4 is 10.6 Å². The number of amides is 1. The Morgan fingerprint density at radius 3 is 2.65 bits per heavy atom. The van der Waals surface area contributed by atoms with Crippen molar-refractivity contribution < 1.29 is 9.53 Å². The fourth-order valence-electron chi connectivity index (χ4n) is 1.52. The Labute approximate surface area is 104 Å². The van der Waals surface area contributed by atoms with E-state index in [1.54, 1.807) is 7.11 Å². The topological polar surface area (TPSA) is 50.4 Å². The first kappa shape index (κ1) is 14.5. The maximum absolute atomic E-state index is 11.4. The Morgan fingerprint density at radius 2 is 2.06 bits per heavy atom. The summed E-state index contributed by atoms with van der Waals surface area (Å²) in [6, 6.07) is 0.484. The lowest BCUT2D eigenvalue weighted by atomic mass is 10.1. The van der Waals surface area contributed by atoms with Crippen molar-refractivity contribution in [3.05, 3.63) is 0 Å². The lowest BCUT2D eigenvalue weighted by molar-refractivity contribution is -0.121. The number of nitrogens with one attached hydrogen (secondary N) is 2. The van der Waals surface area contributed by atoms with Crippen LogP contribution in [0.5, 0.6) is 0 Å². The molecule has 0 spiro atoms. The van der Waals surface area contributed by atoms with Crippen molar-refractivity contribution in [3.63, 3.8) is 0 Å². The van der Waals surface area contributed by atoms with Gasteiger partial charge < -0.3 is 15.4 Å². The van der Waals surface area contributed by atoms with E-state index in [9.17, 15) is 4.79 Å². The highest BCUT2D eigenvalue weighted by Crippen LogP contribution is 2.18. The quantitative estimate of drug-likeness (QED) is 0.602. The predicted octanol–water partition coefficient (Wildman–Crippen LogP) is 1.45.